The van der Waals surface area contributed by atoms with Gasteiger partial charge < -0.3 is 10.2 Å². The molecule has 0 unspecified atom stereocenters. The van der Waals surface area contributed by atoms with Crippen molar-refractivity contribution in [2.75, 3.05) is 0 Å². The molecule has 0 aromatic heterocycles. The maximum atomic E-state index is 9.91. The van der Waals surface area contributed by atoms with Gasteiger partial charge in [-0.1, -0.05) is 15.9 Å². The molecule has 2 N–H and O–H groups in total. The van der Waals surface area contributed by atoms with Gasteiger partial charge in [0.25, 0.3) is 0 Å². The number of carboxylic acids is 1. The van der Waals surface area contributed by atoms with E-state index in [0.717, 1.165) is 6.08 Å². The van der Waals surface area contributed by atoms with Crippen molar-refractivity contribution in [3.8, 4) is 0 Å². The zero-order valence-corrected chi connectivity index (χ0v) is 7.08. The molecule has 0 aliphatic rings. The van der Waals surface area contributed by atoms with Crippen molar-refractivity contribution in [2.45, 2.75) is 17.9 Å². The Kier molecular flexibility index (Phi) is 4.31. The maximum absolute atomic E-state index is 9.91. The van der Waals surface area contributed by atoms with Gasteiger partial charge in [0.1, 0.15) is 0 Å². The summed E-state index contributed by atoms with van der Waals surface area (Å²) in [4.78, 5) is 9.79. The van der Waals surface area contributed by atoms with Crippen molar-refractivity contribution in [3.05, 3.63) is 12.2 Å². The average Bonchev–Trinajstić information content (AvgIpc) is 1.82. The molecule has 0 heterocycles. The number of hydrogen-bond donors (Lipinski definition) is 2. The molecule has 4 heteroatoms. The van der Waals surface area contributed by atoms with Crippen LogP contribution in [-0.4, -0.2) is 27.1 Å². The fourth-order valence-corrected chi connectivity index (χ4v) is 0.510. The van der Waals surface area contributed by atoms with Gasteiger partial charge in [-0.15, -0.1) is 0 Å². The van der Waals surface area contributed by atoms with Gasteiger partial charge in [0.2, 0.25) is 0 Å². The summed E-state index contributed by atoms with van der Waals surface area (Å²) < 4.78 is 0. The van der Waals surface area contributed by atoms with Crippen molar-refractivity contribution >= 4 is 21.9 Å². The Hall–Kier alpha value is -0.350. The standard InChI is InChI=1S/C6H9BrO3/c1-4(7)5(8)2-3-6(9)10/h2-5,8H,1H3,(H,9,10)/b3-2+/t4-,5+/m0/s1. The number of carbonyl (C=O) groups is 1. The second-order valence-corrected chi connectivity index (χ2v) is 3.31. The molecule has 0 fully saturated rings. The van der Waals surface area contributed by atoms with E-state index in [1.807, 2.05) is 0 Å². The van der Waals surface area contributed by atoms with Crippen molar-refractivity contribution in [1.82, 2.24) is 0 Å². The van der Waals surface area contributed by atoms with E-state index < -0.39 is 12.1 Å². The first-order chi connectivity index (χ1) is 4.54. The number of carboxylic acid groups (broad SMARTS) is 1. The van der Waals surface area contributed by atoms with Crippen LogP contribution in [-0.2, 0) is 4.79 Å². The Morgan fingerprint density at radius 3 is 2.50 bits per heavy atom. The number of alkyl halides is 1. The second-order valence-electron chi connectivity index (χ2n) is 1.87. The summed E-state index contributed by atoms with van der Waals surface area (Å²) >= 11 is 3.10. The summed E-state index contributed by atoms with van der Waals surface area (Å²) in [6.45, 7) is 1.73. The zero-order chi connectivity index (χ0) is 8.15. The predicted molar refractivity (Wildman–Crippen MR) is 41.2 cm³/mol. The first kappa shape index (κ1) is 9.65. The molecule has 0 radical (unpaired) electrons. The minimum absolute atomic E-state index is 0.122. The van der Waals surface area contributed by atoms with Crippen LogP contribution in [0.1, 0.15) is 6.92 Å². The third kappa shape index (κ3) is 4.52. The molecule has 0 saturated heterocycles. The van der Waals surface area contributed by atoms with E-state index in [0.29, 0.717) is 0 Å². The molecular weight excluding hydrogens is 200 g/mol. The highest BCUT2D eigenvalue weighted by Crippen LogP contribution is 2.04. The molecule has 0 saturated carbocycles. The zero-order valence-electron chi connectivity index (χ0n) is 5.49. The van der Waals surface area contributed by atoms with Gasteiger partial charge in [-0.2, -0.15) is 0 Å². The smallest absolute Gasteiger partial charge is 0.328 e. The van der Waals surface area contributed by atoms with E-state index in [2.05, 4.69) is 15.9 Å². The molecule has 0 aromatic rings. The van der Waals surface area contributed by atoms with Gasteiger partial charge in [-0.05, 0) is 13.0 Å². The van der Waals surface area contributed by atoms with E-state index in [9.17, 15) is 4.79 Å². The quantitative estimate of drug-likeness (QED) is 0.533. The number of rotatable bonds is 3. The normalized spacial score (nSPS) is 17.1. The minimum atomic E-state index is -1.05. The summed E-state index contributed by atoms with van der Waals surface area (Å²) in [5.41, 5.74) is 0. The summed E-state index contributed by atoms with van der Waals surface area (Å²) in [5.74, 6) is -1.05. The van der Waals surface area contributed by atoms with Crippen LogP contribution in [0.4, 0.5) is 0 Å². The van der Waals surface area contributed by atoms with Gasteiger partial charge in [-0.25, -0.2) is 4.79 Å². The van der Waals surface area contributed by atoms with Gasteiger partial charge in [-0.3, -0.25) is 0 Å². The lowest BCUT2D eigenvalue weighted by Gasteiger charge is -2.05. The third-order valence-electron chi connectivity index (χ3n) is 0.907. The minimum Gasteiger partial charge on any atom is -0.478 e. The molecule has 0 bridgehead atoms. The van der Waals surface area contributed by atoms with Crippen molar-refractivity contribution in [2.24, 2.45) is 0 Å². The van der Waals surface area contributed by atoms with Crippen LogP contribution in [0.5, 0.6) is 0 Å². The van der Waals surface area contributed by atoms with E-state index >= 15 is 0 Å². The molecule has 2 atom stereocenters. The molecule has 10 heavy (non-hydrogen) atoms. The van der Waals surface area contributed by atoms with Gasteiger partial charge in [0.05, 0.1) is 6.10 Å². The molecule has 0 rings (SSSR count). The highest BCUT2D eigenvalue weighted by molar-refractivity contribution is 9.09. The molecule has 0 aromatic carbocycles. The molecule has 0 aliphatic carbocycles. The molecule has 0 amide bonds. The lowest BCUT2D eigenvalue weighted by molar-refractivity contribution is -0.131. The highest BCUT2D eigenvalue weighted by atomic mass is 79.9. The van der Waals surface area contributed by atoms with Crippen LogP contribution >= 0.6 is 15.9 Å². The van der Waals surface area contributed by atoms with E-state index in [1.54, 1.807) is 6.92 Å². The Morgan fingerprint density at radius 1 is 1.70 bits per heavy atom. The molecule has 0 spiro atoms. The molecular formula is C6H9BrO3. The van der Waals surface area contributed by atoms with Crippen molar-refractivity contribution < 1.29 is 15.0 Å². The summed E-state index contributed by atoms with van der Waals surface area (Å²) in [6.07, 6.45) is 1.40. The topological polar surface area (TPSA) is 57.5 Å². The van der Waals surface area contributed by atoms with Gasteiger partial charge in [0, 0.05) is 10.9 Å². The number of aliphatic carboxylic acids is 1. The Bertz CT molecular complexity index is 142. The van der Waals surface area contributed by atoms with Crippen LogP contribution in [0.2, 0.25) is 0 Å². The summed E-state index contributed by atoms with van der Waals surface area (Å²) in [5, 5.41) is 17.1. The lowest BCUT2D eigenvalue weighted by atomic mass is 10.2. The third-order valence-corrected chi connectivity index (χ3v) is 1.45. The molecule has 58 valence electrons. The maximum Gasteiger partial charge on any atom is 0.328 e. The van der Waals surface area contributed by atoms with Crippen LogP contribution < -0.4 is 0 Å². The second kappa shape index (κ2) is 4.46. The largest absolute Gasteiger partial charge is 0.478 e. The first-order valence-corrected chi connectivity index (χ1v) is 3.69. The Balaban J connectivity index is 3.77. The highest BCUT2D eigenvalue weighted by Gasteiger charge is 2.05. The average molecular weight is 209 g/mol. The number of hydrogen-bond acceptors (Lipinski definition) is 2. The number of aliphatic hydroxyl groups excluding tert-OH is 1. The summed E-state index contributed by atoms with van der Waals surface area (Å²) in [7, 11) is 0. The van der Waals surface area contributed by atoms with Crippen molar-refractivity contribution in [3.63, 3.8) is 0 Å². The van der Waals surface area contributed by atoms with Crippen LogP contribution in [0, 0.1) is 0 Å². The lowest BCUT2D eigenvalue weighted by Crippen LogP contribution is -2.13. The fraction of sp³-hybridized carbons (Fsp3) is 0.500. The van der Waals surface area contributed by atoms with E-state index in [1.165, 1.54) is 6.08 Å². The van der Waals surface area contributed by atoms with Crippen molar-refractivity contribution in [1.29, 1.82) is 0 Å². The van der Waals surface area contributed by atoms with E-state index in [4.69, 9.17) is 10.2 Å². The first-order valence-electron chi connectivity index (χ1n) is 2.77. The monoisotopic (exact) mass is 208 g/mol. The Labute approximate surface area is 67.5 Å². The number of halogens is 1. The predicted octanol–water partition coefficient (Wildman–Crippen LogP) is 0.771. The Morgan fingerprint density at radius 2 is 2.20 bits per heavy atom. The SMILES string of the molecule is C[C@H](Br)[C@H](O)/C=C/C(=O)O. The van der Waals surface area contributed by atoms with Crippen LogP contribution in [0.15, 0.2) is 12.2 Å². The fourth-order valence-electron chi connectivity index (χ4n) is 0.334. The van der Waals surface area contributed by atoms with Crippen LogP contribution in [0.3, 0.4) is 0 Å². The van der Waals surface area contributed by atoms with Crippen LogP contribution in [0.25, 0.3) is 0 Å². The van der Waals surface area contributed by atoms with E-state index in [-0.39, 0.29) is 4.83 Å². The van der Waals surface area contributed by atoms with Gasteiger partial charge in [0.15, 0.2) is 0 Å². The van der Waals surface area contributed by atoms with Gasteiger partial charge >= 0.3 is 5.97 Å². The molecule has 0 aliphatic heterocycles. The molecule has 3 nitrogen and oxygen atoms in total. The number of aliphatic hydroxyl groups is 1. The summed E-state index contributed by atoms with van der Waals surface area (Å²) in [6, 6.07) is 0.